The third-order valence-electron chi connectivity index (χ3n) is 5.12. The number of thioether (sulfide) groups is 1. The van der Waals surface area contributed by atoms with E-state index in [1.807, 2.05) is 13.8 Å². The maximum Gasteiger partial charge on any atom is 0.277 e. The molecular formula is C24H29ClN4O4S2. The number of hydrogen-bond donors (Lipinski definition) is 1. The minimum atomic E-state index is -3.57. The Morgan fingerprint density at radius 1 is 1.00 bits per heavy atom. The maximum absolute atomic E-state index is 13.1. The van der Waals surface area contributed by atoms with Gasteiger partial charge >= 0.3 is 0 Å². The highest BCUT2D eigenvalue weighted by Gasteiger charge is 2.24. The molecule has 3 rings (SSSR count). The minimum Gasteiger partial charge on any atom is -0.411 e. The van der Waals surface area contributed by atoms with Crippen LogP contribution in [0.4, 0.5) is 5.69 Å². The van der Waals surface area contributed by atoms with Gasteiger partial charge in [-0.2, -0.15) is 4.31 Å². The number of anilines is 1. The number of halogens is 1. The molecule has 0 saturated carbocycles. The molecule has 1 aromatic heterocycles. The Bertz CT molecular complexity index is 1190. The zero-order valence-electron chi connectivity index (χ0n) is 19.7. The summed E-state index contributed by atoms with van der Waals surface area (Å²) in [5.41, 5.74) is 1.24. The van der Waals surface area contributed by atoms with Crippen LogP contribution in [-0.4, -0.2) is 47.7 Å². The summed E-state index contributed by atoms with van der Waals surface area (Å²) in [6, 6.07) is 13.2. The Balaban J connectivity index is 1.61. The summed E-state index contributed by atoms with van der Waals surface area (Å²) in [6.45, 7) is 5.11. The first-order valence-electron chi connectivity index (χ1n) is 11.5. The van der Waals surface area contributed by atoms with Crippen molar-refractivity contribution in [2.24, 2.45) is 0 Å². The summed E-state index contributed by atoms with van der Waals surface area (Å²) in [5.74, 6) is 0.123. The molecule has 0 saturated heterocycles. The average Bonchev–Trinajstić information content (AvgIpc) is 3.33. The molecule has 0 fully saturated rings. The van der Waals surface area contributed by atoms with Gasteiger partial charge in [0.2, 0.25) is 21.8 Å². The molecule has 1 N–H and O–H groups in total. The second-order valence-corrected chi connectivity index (χ2v) is 11.2. The molecule has 2 aromatic carbocycles. The number of nitrogens with one attached hydrogen (secondary N) is 1. The van der Waals surface area contributed by atoms with Gasteiger partial charge in [-0.25, -0.2) is 8.42 Å². The van der Waals surface area contributed by atoms with Gasteiger partial charge in [-0.15, -0.1) is 10.2 Å². The lowest BCUT2D eigenvalue weighted by Gasteiger charge is -2.22. The highest BCUT2D eigenvalue weighted by Crippen LogP contribution is 2.26. The second kappa shape index (κ2) is 13.1. The molecule has 8 nitrogen and oxygen atoms in total. The number of hydrogen-bond acceptors (Lipinski definition) is 7. The summed E-state index contributed by atoms with van der Waals surface area (Å²) in [5, 5.41) is 11.6. The van der Waals surface area contributed by atoms with Gasteiger partial charge in [0.15, 0.2) is 0 Å². The standard InChI is InChI=1S/C24H29ClN4O4S2/c1-3-5-15-29(16-6-4-2)35(31,32)21-13-7-18(8-14-21)23-27-28-24(33-23)34-17-22(30)26-20-11-9-19(25)10-12-20/h7-14H,3-6,15-17H2,1-2H3,(H,26,30). The van der Waals surface area contributed by atoms with Crippen LogP contribution in [0.1, 0.15) is 39.5 Å². The smallest absolute Gasteiger partial charge is 0.277 e. The van der Waals surface area contributed by atoms with Crippen LogP contribution in [0.25, 0.3) is 11.5 Å². The monoisotopic (exact) mass is 536 g/mol. The summed E-state index contributed by atoms with van der Waals surface area (Å²) < 4.78 is 33.4. The van der Waals surface area contributed by atoms with Crippen molar-refractivity contribution in [1.82, 2.24) is 14.5 Å². The molecule has 0 radical (unpaired) electrons. The van der Waals surface area contributed by atoms with Crippen molar-refractivity contribution in [2.75, 3.05) is 24.2 Å². The molecule has 3 aromatic rings. The zero-order valence-corrected chi connectivity index (χ0v) is 22.1. The van der Waals surface area contributed by atoms with Gasteiger partial charge in [-0.1, -0.05) is 50.1 Å². The lowest BCUT2D eigenvalue weighted by molar-refractivity contribution is -0.113. The summed E-state index contributed by atoms with van der Waals surface area (Å²) >= 11 is 6.96. The molecule has 1 heterocycles. The molecule has 188 valence electrons. The fourth-order valence-corrected chi connectivity index (χ4v) is 5.39. The van der Waals surface area contributed by atoms with Crippen molar-refractivity contribution >= 4 is 45.0 Å². The van der Waals surface area contributed by atoms with E-state index in [-0.39, 0.29) is 27.7 Å². The summed E-state index contributed by atoms with van der Waals surface area (Å²) in [4.78, 5) is 12.4. The van der Waals surface area contributed by atoms with E-state index < -0.39 is 10.0 Å². The van der Waals surface area contributed by atoms with Crippen molar-refractivity contribution in [3.8, 4) is 11.5 Å². The third kappa shape index (κ3) is 7.79. The van der Waals surface area contributed by atoms with Crippen LogP contribution < -0.4 is 5.32 Å². The van der Waals surface area contributed by atoms with Crippen LogP contribution >= 0.6 is 23.4 Å². The first-order chi connectivity index (χ1) is 16.8. The molecule has 0 spiro atoms. The number of unbranched alkanes of at least 4 members (excludes halogenated alkanes) is 2. The predicted molar refractivity (Wildman–Crippen MR) is 139 cm³/mol. The van der Waals surface area contributed by atoms with E-state index in [1.165, 1.54) is 0 Å². The summed E-state index contributed by atoms with van der Waals surface area (Å²) in [7, 11) is -3.57. The van der Waals surface area contributed by atoms with Crippen LogP contribution in [-0.2, 0) is 14.8 Å². The van der Waals surface area contributed by atoms with Gasteiger partial charge in [0.1, 0.15) is 0 Å². The lowest BCUT2D eigenvalue weighted by atomic mass is 10.2. The van der Waals surface area contributed by atoms with Crippen LogP contribution in [0.5, 0.6) is 0 Å². The molecule has 35 heavy (non-hydrogen) atoms. The summed E-state index contributed by atoms with van der Waals surface area (Å²) in [6.07, 6.45) is 3.50. The first kappa shape index (κ1) is 27.2. The molecular weight excluding hydrogens is 508 g/mol. The quantitative estimate of drug-likeness (QED) is 0.279. The van der Waals surface area contributed by atoms with E-state index in [2.05, 4.69) is 15.5 Å². The van der Waals surface area contributed by atoms with Crippen molar-refractivity contribution in [2.45, 2.75) is 49.6 Å². The van der Waals surface area contributed by atoms with E-state index in [9.17, 15) is 13.2 Å². The largest absolute Gasteiger partial charge is 0.411 e. The van der Waals surface area contributed by atoms with Gasteiger partial charge in [0.05, 0.1) is 10.6 Å². The Hall–Kier alpha value is -2.40. The van der Waals surface area contributed by atoms with Gasteiger partial charge in [-0.05, 0) is 61.4 Å². The predicted octanol–water partition coefficient (Wildman–Crippen LogP) is 5.71. The minimum absolute atomic E-state index is 0.0901. The van der Waals surface area contributed by atoms with E-state index in [1.54, 1.807) is 52.8 Å². The van der Waals surface area contributed by atoms with Gasteiger partial charge in [-0.3, -0.25) is 4.79 Å². The number of carbonyl (C=O) groups is 1. The molecule has 0 aliphatic rings. The Kier molecular flexibility index (Phi) is 10.1. The van der Waals surface area contributed by atoms with Gasteiger partial charge in [0, 0.05) is 29.4 Å². The molecule has 1 amide bonds. The van der Waals surface area contributed by atoms with Crippen molar-refractivity contribution in [3.05, 3.63) is 53.6 Å². The molecule has 0 atom stereocenters. The normalized spacial score (nSPS) is 11.7. The highest BCUT2D eigenvalue weighted by molar-refractivity contribution is 7.99. The van der Waals surface area contributed by atoms with E-state index in [4.69, 9.17) is 16.0 Å². The molecule has 0 bridgehead atoms. The number of amides is 1. The zero-order chi connectivity index (χ0) is 25.3. The molecule has 0 aliphatic heterocycles. The van der Waals surface area contributed by atoms with Crippen LogP contribution in [0.15, 0.2) is 63.1 Å². The Morgan fingerprint density at radius 3 is 2.23 bits per heavy atom. The average molecular weight is 537 g/mol. The topological polar surface area (TPSA) is 105 Å². The fraction of sp³-hybridized carbons (Fsp3) is 0.375. The third-order valence-corrected chi connectivity index (χ3v) is 8.11. The SMILES string of the molecule is CCCCN(CCCC)S(=O)(=O)c1ccc(-c2nnc(SCC(=O)Nc3ccc(Cl)cc3)o2)cc1. The first-order valence-corrected chi connectivity index (χ1v) is 14.3. The number of aromatic nitrogens is 2. The maximum atomic E-state index is 13.1. The van der Waals surface area contributed by atoms with Gasteiger partial charge < -0.3 is 9.73 Å². The number of benzene rings is 2. The van der Waals surface area contributed by atoms with Crippen molar-refractivity contribution < 1.29 is 17.6 Å². The van der Waals surface area contributed by atoms with E-state index in [0.717, 1.165) is 37.4 Å². The highest BCUT2D eigenvalue weighted by atomic mass is 35.5. The van der Waals surface area contributed by atoms with Crippen molar-refractivity contribution in [1.29, 1.82) is 0 Å². The van der Waals surface area contributed by atoms with Crippen LogP contribution in [0.2, 0.25) is 5.02 Å². The molecule has 0 unspecified atom stereocenters. The molecule has 11 heteroatoms. The number of nitrogens with zero attached hydrogens (tertiary/aromatic N) is 3. The Morgan fingerprint density at radius 2 is 1.63 bits per heavy atom. The van der Waals surface area contributed by atoms with Crippen LogP contribution in [0.3, 0.4) is 0 Å². The second-order valence-electron chi connectivity index (χ2n) is 7.85. The van der Waals surface area contributed by atoms with Crippen LogP contribution in [0, 0.1) is 0 Å². The fourth-order valence-electron chi connectivity index (χ4n) is 3.18. The number of carbonyl (C=O) groups excluding carboxylic acids is 1. The number of sulfonamides is 1. The molecule has 0 aliphatic carbocycles. The number of rotatable bonds is 13. The lowest BCUT2D eigenvalue weighted by Crippen LogP contribution is -2.33. The van der Waals surface area contributed by atoms with E-state index in [0.29, 0.717) is 29.4 Å². The van der Waals surface area contributed by atoms with Gasteiger partial charge in [0.25, 0.3) is 5.22 Å². The Labute approximate surface area is 215 Å². The van der Waals surface area contributed by atoms with Crippen molar-refractivity contribution in [3.63, 3.8) is 0 Å². The van der Waals surface area contributed by atoms with E-state index >= 15 is 0 Å².